The van der Waals surface area contributed by atoms with Crippen LogP contribution in [0, 0.1) is 0 Å². The number of hydrogen-bond acceptors (Lipinski definition) is 4. The zero-order valence-corrected chi connectivity index (χ0v) is 9.37. The van der Waals surface area contributed by atoms with Gasteiger partial charge in [0.2, 0.25) is 0 Å². The second-order valence-corrected chi connectivity index (χ2v) is 6.29. The number of aliphatic carboxylic acids is 2. The highest BCUT2D eigenvalue weighted by molar-refractivity contribution is 7.93. The van der Waals surface area contributed by atoms with E-state index in [1.165, 1.54) is 0 Å². The third kappa shape index (κ3) is 3.50. The van der Waals surface area contributed by atoms with Crippen molar-refractivity contribution in [3.63, 3.8) is 0 Å². The summed E-state index contributed by atoms with van der Waals surface area (Å²) in [4.78, 5) is 20.8. The van der Waals surface area contributed by atoms with Gasteiger partial charge in [-0.05, 0) is 20.3 Å². The van der Waals surface area contributed by atoms with E-state index in [4.69, 9.17) is 10.2 Å². The molecule has 0 aliphatic rings. The summed E-state index contributed by atoms with van der Waals surface area (Å²) in [6.45, 7) is 2.18. The normalized spacial score (nSPS) is 12.4. The quantitative estimate of drug-likeness (QED) is 0.680. The van der Waals surface area contributed by atoms with Crippen LogP contribution in [0.15, 0.2) is 0 Å². The molecule has 2 N–H and O–H groups in total. The van der Waals surface area contributed by atoms with Crippen molar-refractivity contribution < 1.29 is 28.2 Å². The summed E-state index contributed by atoms with van der Waals surface area (Å²) in [5.74, 6) is -2.96. The number of carboxylic acids is 2. The van der Waals surface area contributed by atoms with Crippen molar-refractivity contribution in [1.82, 2.24) is 0 Å². The van der Waals surface area contributed by atoms with E-state index in [-0.39, 0.29) is 12.8 Å². The molecular formula is C8H14O6S. The van der Waals surface area contributed by atoms with Crippen LogP contribution in [0.4, 0.5) is 0 Å². The molecule has 15 heavy (non-hydrogen) atoms. The Morgan fingerprint density at radius 2 is 1.67 bits per heavy atom. The predicted octanol–water partition coefficient (Wildman–Crippen LogP) is 0.129. The van der Waals surface area contributed by atoms with Crippen LogP contribution in [-0.4, -0.2) is 41.1 Å². The molecule has 0 aromatic carbocycles. The van der Waals surface area contributed by atoms with Crippen molar-refractivity contribution in [2.45, 2.75) is 31.4 Å². The van der Waals surface area contributed by atoms with Crippen molar-refractivity contribution in [2.75, 3.05) is 5.75 Å². The van der Waals surface area contributed by atoms with Gasteiger partial charge in [0, 0.05) is 6.42 Å². The third-order valence-corrected chi connectivity index (χ3v) is 4.65. The van der Waals surface area contributed by atoms with E-state index < -0.39 is 32.3 Å². The lowest BCUT2D eigenvalue weighted by molar-refractivity contribution is -0.139. The number of hydrogen-bond donors (Lipinski definition) is 2. The lowest BCUT2D eigenvalue weighted by Crippen LogP contribution is -2.42. The average Bonchev–Trinajstić information content (AvgIpc) is 2.02. The van der Waals surface area contributed by atoms with E-state index in [9.17, 15) is 18.0 Å². The van der Waals surface area contributed by atoms with E-state index in [2.05, 4.69) is 0 Å². The Morgan fingerprint density at radius 1 is 1.20 bits per heavy atom. The Balaban J connectivity index is 4.57. The summed E-state index contributed by atoms with van der Waals surface area (Å²) in [7, 11) is -3.82. The zero-order chi connectivity index (χ0) is 12.3. The summed E-state index contributed by atoms with van der Waals surface area (Å²) in [5, 5.41) is 17.0. The Kier molecular flexibility index (Phi) is 4.27. The predicted molar refractivity (Wildman–Crippen MR) is 52.4 cm³/mol. The molecule has 0 bridgehead atoms. The molecule has 0 saturated carbocycles. The van der Waals surface area contributed by atoms with Gasteiger partial charge in [0.15, 0.2) is 14.6 Å². The molecule has 0 unspecified atom stereocenters. The van der Waals surface area contributed by atoms with Crippen LogP contribution in [0.1, 0.15) is 26.7 Å². The minimum absolute atomic E-state index is 0.0750. The zero-order valence-electron chi connectivity index (χ0n) is 8.56. The van der Waals surface area contributed by atoms with E-state index in [0.717, 1.165) is 13.8 Å². The van der Waals surface area contributed by atoms with Gasteiger partial charge >= 0.3 is 11.9 Å². The van der Waals surface area contributed by atoms with Crippen LogP contribution < -0.4 is 0 Å². The molecule has 0 aliphatic carbocycles. The summed E-state index contributed by atoms with van der Waals surface area (Å²) >= 11 is 0. The molecular weight excluding hydrogens is 224 g/mol. The maximum absolute atomic E-state index is 11.5. The summed E-state index contributed by atoms with van der Waals surface area (Å²) < 4.78 is 21.1. The monoisotopic (exact) mass is 238 g/mol. The van der Waals surface area contributed by atoms with Crippen LogP contribution in [0.3, 0.4) is 0 Å². The molecule has 0 atom stereocenters. The molecule has 0 aromatic heterocycles. The average molecular weight is 238 g/mol. The van der Waals surface area contributed by atoms with Gasteiger partial charge in [-0.3, -0.25) is 9.59 Å². The SMILES string of the molecule is CC(C)(C(=O)O)S(=O)(=O)CCCC(=O)O. The van der Waals surface area contributed by atoms with Crippen LogP contribution in [0.5, 0.6) is 0 Å². The number of sulfone groups is 1. The van der Waals surface area contributed by atoms with Gasteiger partial charge in [-0.2, -0.15) is 0 Å². The van der Waals surface area contributed by atoms with Crippen LogP contribution in [-0.2, 0) is 19.4 Å². The molecule has 7 heteroatoms. The fourth-order valence-corrected chi connectivity index (χ4v) is 2.10. The number of rotatable bonds is 6. The van der Waals surface area contributed by atoms with E-state index in [0.29, 0.717) is 0 Å². The topological polar surface area (TPSA) is 109 Å². The highest BCUT2D eigenvalue weighted by Gasteiger charge is 2.41. The molecule has 0 saturated heterocycles. The molecule has 0 spiro atoms. The van der Waals surface area contributed by atoms with Gasteiger partial charge in [0.1, 0.15) is 0 Å². The van der Waals surface area contributed by atoms with E-state index in [1.54, 1.807) is 0 Å². The van der Waals surface area contributed by atoms with E-state index >= 15 is 0 Å². The third-order valence-electron chi connectivity index (χ3n) is 2.10. The van der Waals surface area contributed by atoms with Crippen molar-refractivity contribution in [1.29, 1.82) is 0 Å². The minimum Gasteiger partial charge on any atom is -0.481 e. The summed E-state index contributed by atoms with van der Waals surface area (Å²) in [6, 6.07) is 0. The smallest absolute Gasteiger partial charge is 0.324 e. The largest absolute Gasteiger partial charge is 0.481 e. The van der Waals surface area contributed by atoms with Gasteiger partial charge in [-0.25, -0.2) is 8.42 Å². The first kappa shape index (κ1) is 13.9. The lowest BCUT2D eigenvalue weighted by atomic mass is 10.2. The van der Waals surface area contributed by atoms with E-state index in [1.807, 2.05) is 0 Å². The van der Waals surface area contributed by atoms with Crippen LogP contribution in [0.2, 0.25) is 0 Å². The maximum atomic E-state index is 11.5. The van der Waals surface area contributed by atoms with Crippen molar-refractivity contribution in [2.24, 2.45) is 0 Å². The molecule has 6 nitrogen and oxygen atoms in total. The van der Waals surface area contributed by atoms with Gasteiger partial charge in [-0.1, -0.05) is 0 Å². The van der Waals surface area contributed by atoms with Crippen molar-refractivity contribution in [3.05, 3.63) is 0 Å². The molecule has 0 rings (SSSR count). The first-order valence-corrected chi connectivity index (χ1v) is 5.94. The molecule has 0 heterocycles. The lowest BCUT2D eigenvalue weighted by Gasteiger charge is -2.19. The second kappa shape index (κ2) is 4.61. The Labute approximate surface area is 87.8 Å². The molecule has 0 fully saturated rings. The molecule has 0 aromatic rings. The first-order chi connectivity index (χ1) is 6.61. The maximum Gasteiger partial charge on any atom is 0.324 e. The molecule has 0 amide bonds. The fourth-order valence-electron chi connectivity index (χ4n) is 0.802. The summed E-state index contributed by atoms with van der Waals surface area (Å²) in [5.41, 5.74) is 0. The fraction of sp³-hybridized carbons (Fsp3) is 0.750. The van der Waals surface area contributed by atoms with Gasteiger partial charge in [0.05, 0.1) is 5.75 Å². The number of carbonyl (C=O) groups is 2. The van der Waals surface area contributed by atoms with Crippen LogP contribution >= 0.6 is 0 Å². The molecule has 0 aliphatic heterocycles. The van der Waals surface area contributed by atoms with Gasteiger partial charge in [-0.15, -0.1) is 0 Å². The minimum atomic E-state index is -3.82. The molecule has 88 valence electrons. The standard InChI is InChI=1S/C8H14O6S/c1-8(2,7(11)12)15(13,14)5-3-4-6(9)10/h3-5H2,1-2H3,(H,9,10)(H,11,12). The Morgan fingerprint density at radius 3 is 2.00 bits per heavy atom. The Bertz CT molecular complexity index is 353. The van der Waals surface area contributed by atoms with Gasteiger partial charge < -0.3 is 10.2 Å². The van der Waals surface area contributed by atoms with Crippen molar-refractivity contribution >= 4 is 21.8 Å². The second-order valence-electron chi connectivity index (χ2n) is 3.63. The van der Waals surface area contributed by atoms with Gasteiger partial charge in [0.25, 0.3) is 0 Å². The highest BCUT2D eigenvalue weighted by Crippen LogP contribution is 2.18. The van der Waals surface area contributed by atoms with Crippen LogP contribution in [0.25, 0.3) is 0 Å². The summed E-state index contributed by atoms with van der Waals surface area (Å²) in [6.07, 6.45) is -0.358. The highest BCUT2D eigenvalue weighted by atomic mass is 32.2. The number of carboxylic acid groups (broad SMARTS) is 2. The van der Waals surface area contributed by atoms with Crippen molar-refractivity contribution in [3.8, 4) is 0 Å². The first-order valence-electron chi connectivity index (χ1n) is 4.29. The Hall–Kier alpha value is -1.11. The molecule has 0 radical (unpaired) electrons.